The van der Waals surface area contributed by atoms with Gasteiger partial charge in [-0.1, -0.05) is 36.4 Å². The summed E-state index contributed by atoms with van der Waals surface area (Å²) >= 11 is 0. The van der Waals surface area contributed by atoms with E-state index in [9.17, 15) is 23.3 Å². The maximum Gasteiger partial charge on any atom is 0.312 e. The monoisotopic (exact) mass is 481 g/mol. The fourth-order valence-electron chi connectivity index (χ4n) is 3.67. The average molecular weight is 482 g/mol. The first-order valence-electron chi connectivity index (χ1n) is 10.7. The van der Waals surface area contributed by atoms with Gasteiger partial charge in [0.2, 0.25) is 15.8 Å². The van der Waals surface area contributed by atoms with Gasteiger partial charge >= 0.3 is 5.69 Å². The van der Waals surface area contributed by atoms with Crippen LogP contribution >= 0.6 is 0 Å². The van der Waals surface area contributed by atoms with Crippen molar-refractivity contribution >= 4 is 21.6 Å². The first-order valence-corrected chi connectivity index (χ1v) is 12.2. The van der Waals surface area contributed by atoms with Crippen molar-refractivity contribution in [3.63, 3.8) is 0 Å². The first kappa shape index (κ1) is 23.4. The number of nitrogens with zero attached hydrogens (tertiary/aromatic N) is 2. The minimum Gasteiger partial charge on any atom is -0.450 e. The molecule has 0 bridgehead atoms. The molecule has 3 aromatic carbocycles. The van der Waals surface area contributed by atoms with Crippen LogP contribution in [0.2, 0.25) is 0 Å². The summed E-state index contributed by atoms with van der Waals surface area (Å²) in [5, 5.41) is 14.5. The fraction of sp³-hybridized carbons (Fsp3) is 0.208. The molecule has 176 valence electrons. The first-order chi connectivity index (χ1) is 16.3. The molecule has 1 saturated heterocycles. The summed E-state index contributed by atoms with van der Waals surface area (Å²) in [7, 11) is -3.81. The molecular weight excluding hydrogens is 458 g/mol. The number of carbonyl (C=O) groups excluding carboxylic acids is 1. The van der Waals surface area contributed by atoms with E-state index in [0.29, 0.717) is 25.2 Å². The third-order valence-electron chi connectivity index (χ3n) is 5.45. The van der Waals surface area contributed by atoms with E-state index in [1.807, 2.05) is 30.3 Å². The molecule has 0 atom stereocenters. The normalized spacial score (nSPS) is 14.0. The Balaban J connectivity index is 1.53. The van der Waals surface area contributed by atoms with Crippen LogP contribution < -0.4 is 10.1 Å². The lowest BCUT2D eigenvalue weighted by atomic mass is 10.2. The van der Waals surface area contributed by atoms with Crippen molar-refractivity contribution in [2.75, 3.05) is 13.1 Å². The number of hydrogen-bond donors (Lipinski definition) is 1. The average Bonchev–Trinajstić information content (AvgIpc) is 3.39. The number of amides is 1. The number of rotatable bonds is 8. The largest absolute Gasteiger partial charge is 0.450 e. The van der Waals surface area contributed by atoms with Crippen LogP contribution in [0.3, 0.4) is 0 Å². The summed E-state index contributed by atoms with van der Waals surface area (Å²) in [5.41, 5.74) is 0.798. The van der Waals surface area contributed by atoms with Gasteiger partial charge in [-0.2, -0.15) is 4.31 Å². The minimum atomic E-state index is -3.81. The van der Waals surface area contributed by atoms with Crippen LogP contribution in [-0.2, 0) is 16.6 Å². The Labute approximate surface area is 197 Å². The van der Waals surface area contributed by atoms with Gasteiger partial charge in [0.05, 0.1) is 9.82 Å². The maximum atomic E-state index is 12.8. The van der Waals surface area contributed by atoms with Gasteiger partial charge in [0.15, 0.2) is 0 Å². The molecule has 0 aliphatic carbocycles. The zero-order chi connectivity index (χ0) is 24.1. The number of sulfonamides is 1. The molecule has 0 spiro atoms. The molecule has 9 nitrogen and oxygen atoms in total. The Morgan fingerprint density at radius 2 is 1.74 bits per heavy atom. The van der Waals surface area contributed by atoms with E-state index >= 15 is 0 Å². The third kappa shape index (κ3) is 5.24. The maximum absolute atomic E-state index is 12.8. The molecule has 1 aliphatic rings. The highest BCUT2D eigenvalue weighted by molar-refractivity contribution is 7.89. The van der Waals surface area contributed by atoms with Crippen molar-refractivity contribution in [3.05, 3.63) is 94.0 Å². The molecule has 0 aromatic heterocycles. The molecule has 1 aliphatic heterocycles. The fourth-order valence-corrected chi connectivity index (χ4v) is 5.21. The zero-order valence-electron chi connectivity index (χ0n) is 18.2. The number of carbonyl (C=O) groups is 1. The van der Waals surface area contributed by atoms with Crippen LogP contribution in [-0.4, -0.2) is 36.6 Å². The van der Waals surface area contributed by atoms with Crippen molar-refractivity contribution in [1.82, 2.24) is 9.62 Å². The van der Waals surface area contributed by atoms with E-state index in [-0.39, 0.29) is 22.3 Å². The van der Waals surface area contributed by atoms with E-state index in [1.54, 1.807) is 18.2 Å². The van der Waals surface area contributed by atoms with Gasteiger partial charge in [0.25, 0.3) is 5.91 Å². The highest BCUT2D eigenvalue weighted by atomic mass is 32.2. The Bertz CT molecular complexity index is 1310. The quantitative estimate of drug-likeness (QED) is 0.382. The second kappa shape index (κ2) is 10.0. The Morgan fingerprint density at radius 1 is 1.00 bits per heavy atom. The predicted molar refractivity (Wildman–Crippen MR) is 125 cm³/mol. The molecule has 0 saturated carbocycles. The Morgan fingerprint density at radius 3 is 2.44 bits per heavy atom. The summed E-state index contributed by atoms with van der Waals surface area (Å²) in [4.78, 5) is 23.4. The molecule has 1 amide bonds. The molecule has 34 heavy (non-hydrogen) atoms. The number of benzene rings is 3. The second-order valence-electron chi connectivity index (χ2n) is 7.80. The van der Waals surface area contributed by atoms with Crippen molar-refractivity contribution in [2.24, 2.45) is 0 Å². The van der Waals surface area contributed by atoms with Crippen molar-refractivity contribution in [1.29, 1.82) is 0 Å². The van der Waals surface area contributed by atoms with Crippen LogP contribution in [0.5, 0.6) is 11.5 Å². The van der Waals surface area contributed by atoms with Crippen molar-refractivity contribution < 1.29 is 22.9 Å². The third-order valence-corrected chi connectivity index (χ3v) is 7.34. The Hall–Kier alpha value is -3.76. The molecule has 10 heteroatoms. The lowest BCUT2D eigenvalue weighted by Gasteiger charge is -2.16. The molecule has 3 aromatic rings. The highest BCUT2D eigenvalue weighted by Gasteiger charge is 2.30. The number of hydrogen-bond acceptors (Lipinski definition) is 6. The van der Waals surface area contributed by atoms with Crippen molar-refractivity contribution in [3.8, 4) is 11.5 Å². The smallest absolute Gasteiger partial charge is 0.312 e. The topological polar surface area (TPSA) is 119 Å². The Kier molecular flexibility index (Phi) is 6.90. The SMILES string of the molecule is O=C(NCc1ccccc1)c1cccc(Oc2ccc(S(=O)(=O)N3CCCC3)cc2[N+](=O)[O-])c1. The number of ether oxygens (including phenoxy) is 1. The highest BCUT2D eigenvalue weighted by Crippen LogP contribution is 2.35. The van der Waals surface area contributed by atoms with Gasteiger partial charge in [0, 0.05) is 31.3 Å². The van der Waals surface area contributed by atoms with Gasteiger partial charge in [-0.05, 0) is 48.7 Å². The van der Waals surface area contributed by atoms with Crippen molar-refractivity contribution in [2.45, 2.75) is 24.3 Å². The van der Waals surface area contributed by atoms with E-state index in [2.05, 4.69) is 5.32 Å². The minimum absolute atomic E-state index is 0.118. The zero-order valence-corrected chi connectivity index (χ0v) is 19.0. The van der Waals surface area contributed by atoms with E-state index in [4.69, 9.17) is 4.74 Å². The standard InChI is InChI=1S/C24H23N3O6S/c28-24(25-17-18-7-2-1-3-8-18)19-9-6-10-20(15-19)33-23-12-11-21(16-22(23)27(29)30)34(31,32)26-13-4-5-14-26/h1-3,6-12,15-16H,4-5,13-14,17H2,(H,25,28). The second-order valence-corrected chi connectivity index (χ2v) is 9.73. The summed E-state index contributed by atoms with van der Waals surface area (Å²) in [6.07, 6.45) is 1.52. The number of nitro benzene ring substituents is 1. The molecule has 1 heterocycles. The van der Waals surface area contributed by atoms with Gasteiger partial charge in [0.1, 0.15) is 5.75 Å². The lowest BCUT2D eigenvalue weighted by molar-refractivity contribution is -0.385. The van der Waals surface area contributed by atoms with Gasteiger partial charge in [-0.3, -0.25) is 14.9 Å². The molecule has 1 fully saturated rings. The molecule has 1 N–H and O–H groups in total. The van der Waals surface area contributed by atoms with Gasteiger partial charge in [-0.15, -0.1) is 0 Å². The van der Waals surface area contributed by atoms with Gasteiger partial charge in [-0.25, -0.2) is 8.42 Å². The van der Waals surface area contributed by atoms with Gasteiger partial charge < -0.3 is 10.1 Å². The molecular formula is C24H23N3O6S. The summed E-state index contributed by atoms with van der Waals surface area (Å²) in [5.74, 6) is -0.228. The number of nitro groups is 1. The molecule has 0 unspecified atom stereocenters. The van der Waals surface area contributed by atoms with Crippen LogP contribution in [0.4, 0.5) is 5.69 Å². The van der Waals surface area contributed by atoms with E-state index in [1.165, 1.54) is 22.5 Å². The van der Waals surface area contributed by atoms with E-state index in [0.717, 1.165) is 24.5 Å². The van der Waals surface area contributed by atoms with E-state index < -0.39 is 20.6 Å². The summed E-state index contributed by atoms with van der Waals surface area (Å²) < 4.78 is 32.6. The van der Waals surface area contributed by atoms with Crippen LogP contribution in [0.25, 0.3) is 0 Å². The number of nitrogens with one attached hydrogen (secondary N) is 1. The molecule has 0 radical (unpaired) electrons. The summed E-state index contributed by atoms with van der Waals surface area (Å²) in [6, 6.07) is 19.3. The summed E-state index contributed by atoms with van der Waals surface area (Å²) in [6.45, 7) is 1.14. The van der Waals surface area contributed by atoms with Crippen LogP contribution in [0, 0.1) is 10.1 Å². The molecule has 4 rings (SSSR count). The predicted octanol–water partition coefficient (Wildman–Crippen LogP) is 4.10. The van der Waals surface area contributed by atoms with Crippen LogP contribution in [0.1, 0.15) is 28.8 Å². The lowest BCUT2D eigenvalue weighted by Crippen LogP contribution is -2.27. The van der Waals surface area contributed by atoms with Crippen LogP contribution in [0.15, 0.2) is 77.7 Å².